The summed E-state index contributed by atoms with van der Waals surface area (Å²) in [5.74, 6) is -0.211. The first-order valence-corrected chi connectivity index (χ1v) is 5.18. The number of hydrogen-bond donors (Lipinski definition) is 1. The first kappa shape index (κ1) is 10.6. The van der Waals surface area contributed by atoms with Gasteiger partial charge in [0.05, 0.1) is 5.69 Å². The minimum absolute atomic E-state index is 0.129. The summed E-state index contributed by atoms with van der Waals surface area (Å²) in [7, 11) is 0. The number of nitrogens with zero attached hydrogens (tertiary/aromatic N) is 1. The Hall–Kier alpha value is -1.90. The lowest BCUT2D eigenvalue weighted by atomic mass is 10.1. The van der Waals surface area contributed by atoms with E-state index in [4.69, 9.17) is 0 Å². The third kappa shape index (κ3) is 2.57. The van der Waals surface area contributed by atoms with Crippen molar-refractivity contribution in [3.05, 3.63) is 60.2 Å². The van der Waals surface area contributed by atoms with Crippen LogP contribution in [0.2, 0.25) is 0 Å². The molecule has 0 amide bonds. The molecule has 0 saturated carbocycles. The highest BCUT2D eigenvalue weighted by Gasteiger charge is 2.04. The number of rotatable bonds is 3. The molecular weight excluding hydrogens is 203 g/mol. The van der Waals surface area contributed by atoms with E-state index in [1.165, 1.54) is 12.1 Å². The molecule has 0 saturated heterocycles. The van der Waals surface area contributed by atoms with Gasteiger partial charge in [-0.15, -0.1) is 0 Å². The van der Waals surface area contributed by atoms with Crippen molar-refractivity contribution in [2.45, 2.75) is 13.0 Å². The van der Waals surface area contributed by atoms with Crippen LogP contribution in [0, 0.1) is 5.82 Å². The number of anilines is 1. The molecule has 0 aliphatic rings. The quantitative estimate of drug-likeness (QED) is 0.850. The Morgan fingerprint density at radius 1 is 1.19 bits per heavy atom. The van der Waals surface area contributed by atoms with Gasteiger partial charge in [-0.25, -0.2) is 4.39 Å². The van der Waals surface area contributed by atoms with Gasteiger partial charge in [0, 0.05) is 18.4 Å². The molecule has 1 unspecified atom stereocenters. The summed E-state index contributed by atoms with van der Waals surface area (Å²) in [4.78, 5) is 4.02. The molecule has 0 radical (unpaired) electrons. The number of pyridine rings is 1. The van der Waals surface area contributed by atoms with Crippen LogP contribution in [0.4, 0.5) is 10.1 Å². The van der Waals surface area contributed by atoms with Crippen LogP contribution < -0.4 is 5.32 Å². The van der Waals surface area contributed by atoms with Crippen LogP contribution in [0.15, 0.2) is 48.8 Å². The Bertz CT molecular complexity index is 439. The van der Waals surface area contributed by atoms with E-state index >= 15 is 0 Å². The maximum atomic E-state index is 12.7. The van der Waals surface area contributed by atoms with E-state index in [0.717, 1.165) is 11.3 Å². The maximum absolute atomic E-state index is 12.7. The van der Waals surface area contributed by atoms with Crippen LogP contribution in [-0.4, -0.2) is 4.98 Å². The van der Waals surface area contributed by atoms with Gasteiger partial charge in [-0.2, -0.15) is 0 Å². The molecule has 0 bridgehead atoms. The zero-order valence-electron chi connectivity index (χ0n) is 9.02. The number of halogens is 1. The molecule has 2 aromatic rings. The maximum Gasteiger partial charge on any atom is 0.123 e. The molecule has 1 aromatic heterocycles. The summed E-state index contributed by atoms with van der Waals surface area (Å²) in [5, 5.41) is 3.29. The Balaban J connectivity index is 2.09. The first-order chi connectivity index (χ1) is 7.75. The normalized spacial score (nSPS) is 12.1. The van der Waals surface area contributed by atoms with E-state index in [2.05, 4.69) is 10.3 Å². The standard InChI is InChI=1S/C13H13FN2/c1-10(11-4-6-12(14)7-5-11)16-13-3-2-8-15-9-13/h2-10,16H,1H3. The van der Waals surface area contributed by atoms with Crippen molar-refractivity contribution in [2.75, 3.05) is 5.32 Å². The molecule has 0 aliphatic carbocycles. The highest BCUT2D eigenvalue weighted by atomic mass is 19.1. The Labute approximate surface area is 94.2 Å². The predicted octanol–water partition coefficient (Wildman–Crippen LogP) is 3.39. The number of benzene rings is 1. The van der Waals surface area contributed by atoms with E-state index < -0.39 is 0 Å². The molecule has 1 heterocycles. The Morgan fingerprint density at radius 3 is 2.56 bits per heavy atom. The van der Waals surface area contributed by atoms with Crippen LogP contribution in [0.25, 0.3) is 0 Å². The summed E-state index contributed by atoms with van der Waals surface area (Å²) in [5.41, 5.74) is 2.00. The molecule has 0 fully saturated rings. The average Bonchev–Trinajstić information content (AvgIpc) is 2.31. The summed E-state index contributed by atoms with van der Waals surface area (Å²) < 4.78 is 12.7. The van der Waals surface area contributed by atoms with Crippen LogP contribution in [0.5, 0.6) is 0 Å². The molecule has 0 aliphatic heterocycles. The number of nitrogens with one attached hydrogen (secondary N) is 1. The zero-order valence-corrected chi connectivity index (χ0v) is 9.02. The lowest BCUT2D eigenvalue weighted by Crippen LogP contribution is -2.06. The molecule has 3 heteroatoms. The minimum Gasteiger partial charge on any atom is -0.377 e. The minimum atomic E-state index is -0.211. The number of hydrogen-bond acceptors (Lipinski definition) is 2. The van der Waals surface area contributed by atoms with Crippen molar-refractivity contribution in [3.63, 3.8) is 0 Å². The topological polar surface area (TPSA) is 24.9 Å². The smallest absolute Gasteiger partial charge is 0.123 e. The lowest BCUT2D eigenvalue weighted by Gasteiger charge is -2.15. The van der Waals surface area contributed by atoms with Crippen molar-refractivity contribution in [3.8, 4) is 0 Å². The van der Waals surface area contributed by atoms with Crippen molar-refractivity contribution < 1.29 is 4.39 Å². The van der Waals surface area contributed by atoms with Gasteiger partial charge < -0.3 is 5.32 Å². The van der Waals surface area contributed by atoms with Crippen molar-refractivity contribution >= 4 is 5.69 Å². The molecule has 2 rings (SSSR count). The van der Waals surface area contributed by atoms with Crippen LogP contribution >= 0.6 is 0 Å². The van der Waals surface area contributed by atoms with E-state index in [1.807, 2.05) is 19.1 Å². The highest BCUT2D eigenvalue weighted by Crippen LogP contribution is 2.18. The second kappa shape index (κ2) is 4.75. The first-order valence-electron chi connectivity index (χ1n) is 5.18. The van der Waals surface area contributed by atoms with E-state index in [1.54, 1.807) is 24.5 Å². The number of aromatic nitrogens is 1. The summed E-state index contributed by atoms with van der Waals surface area (Å²) in [6.45, 7) is 2.03. The Morgan fingerprint density at radius 2 is 1.94 bits per heavy atom. The molecule has 1 N–H and O–H groups in total. The largest absolute Gasteiger partial charge is 0.377 e. The summed E-state index contributed by atoms with van der Waals surface area (Å²) in [6, 6.07) is 10.5. The SMILES string of the molecule is CC(Nc1cccnc1)c1ccc(F)cc1. The monoisotopic (exact) mass is 216 g/mol. The average molecular weight is 216 g/mol. The third-order valence-corrected chi connectivity index (χ3v) is 2.41. The lowest BCUT2D eigenvalue weighted by molar-refractivity contribution is 0.626. The van der Waals surface area contributed by atoms with Crippen LogP contribution in [-0.2, 0) is 0 Å². The predicted molar refractivity (Wildman–Crippen MR) is 62.7 cm³/mol. The Kier molecular flexibility index (Phi) is 3.15. The van der Waals surface area contributed by atoms with E-state index in [0.29, 0.717) is 0 Å². The van der Waals surface area contributed by atoms with E-state index in [-0.39, 0.29) is 11.9 Å². The fourth-order valence-corrected chi connectivity index (χ4v) is 1.53. The van der Waals surface area contributed by atoms with Gasteiger partial charge in [-0.3, -0.25) is 4.98 Å². The van der Waals surface area contributed by atoms with Crippen molar-refractivity contribution in [1.29, 1.82) is 0 Å². The summed E-state index contributed by atoms with van der Waals surface area (Å²) in [6.07, 6.45) is 3.49. The zero-order chi connectivity index (χ0) is 11.4. The molecule has 2 nitrogen and oxygen atoms in total. The second-order valence-corrected chi connectivity index (χ2v) is 3.66. The molecule has 1 atom stereocenters. The fraction of sp³-hybridized carbons (Fsp3) is 0.154. The molecule has 1 aromatic carbocycles. The van der Waals surface area contributed by atoms with Gasteiger partial charge >= 0.3 is 0 Å². The van der Waals surface area contributed by atoms with Crippen molar-refractivity contribution in [2.24, 2.45) is 0 Å². The van der Waals surface area contributed by atoms with Gasteiger partial charge in [0.25, 0.3) is 0 Å². The third-order valence-electron chi connectivity index (χ3n) is 2.41. The van der Waals surface area contributed by atoms with Gasteiger partial charge in [0.2, 0.25) is 0 Å². The molecule has 16 heavy (non-hydrogen) atoms. The summed E-state index contributed by atoms with van der Waals surface area (Å²) >= 11 is 0. The van der Waals surface area contributed by atoms with E-state index in [9.17, 15) is 4.39 Å². The van der Waals surface area contributed by atoms with Crippen LogP contribution in [0.1, 0.15) is 18.5 Å². The van der Waals surface area contributed by atoms with Gasteiger partial charge in [-0.1, -0.05) is 12.1 Å². The van der Waals surface area contributed by atoms with Gasteiger partial charge in [-0.05, 0) is 36.8 Å². The van der Waals surface area contributed by atoms with Crippen molar-refractivity contribution in [1.82, 2.24) is 4.98 Å². The highest BCUT2D eigenvalue weighted by molar-refractivity contribution is 5.42. The molecular formula is C13H13FN2. The van der Waals surface area contributed by atoms with Gasteiger partial charge in [0.15, 0.2) is 0 Å². The van der Waals surface area contributed by atoms with Crippen LogP contribution in [0.3, 0.4) is 0 Å². The second-order valence-electron chi connectivity index (χ2n) is 3.66. The van der Waals surface area contributed by atoms with Gasteiger partial charge in [0.1, 0.15) is 5.82 Å². The molecule has 0 spiro atoms. The fourth-order valence-electron chi connectivity index (χ4n) is 1.53. The molecule has 82 valence electrons.